The maximum absolute atomic E-state index is 13.2. The minimum atomic E-state index is -0.817. The Bertz CT molecular complexity index is 397. The van der Waals surface area contributed by atoms with Gasteiger partial charge in [0.2, 0.25) is 0 Å². The number of hydrazine groups is 1. The van der Waals surface area contributed by atoms with Crippen molar-refractivity contribution in [2.24, 2.45) is 11.7 Å². The number of nitrogens with one attached hydrogen (secondary N) is 2. The van der Waals surface area contributed by atoms with E-state index in [2.05, 4.69) is 10.9 Å². The van der Waals surface area contributed by atoms with Gasteiger partial charge in [-0.2, -0.15) is 0 Å². The van der Waals surface area contributed by atoms with E-state index in [0.717, 1.165) is 18.1 Å². The van der Waals surface area contributed by atoms with Gasteiger partial charge in [-0.3, -0.25) is 5.43 Å². The Morgan fingerprint density at radius 2 is 2.00 bits per heavy atom. The molecule has 0 amide bonds. The average Bonchev–Trinajstić information content (AvgIpc) is 2.66. The van der Waals surface area contributed by atoms with Crippen molar-refractivity contribution in [2.75, 3.05) is 6.54 Å². The lowest BCUT2D eigenvalue weighted by Gasteiger charge is -2.20. The molecule has 3 atom stereocenters. The molecule has 94 valence electrons. The van der Waals surface area contributed by atoms with E-state index < -0.39 is 11.6 Å². The summed E-state index contributed by atoms with van der Waals surface area (Å²) in [5.74, 6) is -1.34. The van der Waals surface area contributed by atoms with Crippen molar-refractivity contribution in [3.8, 4) is 0 Å². The highest BCUT2D eigenvalue weighted by Crippen LogP contribution is 2.31. The number of nitrogens with two attached hydrogens (primary N) is 1. The second kappa shape index (κ2) is 5.08. The quantitative estimate of drug-likeness (QED) is 0.751. The molecule has 1 aromatic rings. The van der Waals surface area contributed by atoms with Gasteiger partial charge < -0.3 is 5.73 Å². The van der Waals surface area contributed by atoms with Crippen molar-refractivity contribution in [3.63, 3.8) is 0 Å². The Balaban J connectivity index is 2.23. The summed E-state index contributed by atoms with van der Waals surface area (Å²) in [5.41, 5.74) is 12.5. The van der Waals surface area contributed by atoms with Gasteiger partial charge >= 0.3 is 0 Å². The summed E-state index contributed by atoms with van der Waals surface area (Å²) in [6, 6.07) is 4.25. The fourth-order valence-corrected chi connectivity index (χ4v) is 2.37. The lowest BCUT2D eigenvalue weighted by Crippen LogP contribution is -2.29. The standard InChI is InChI=1S/C12H17F2N3/c1-7-9(4-5-15)12(17-16-7)8-2-3-10(13)11(14)6-8/h2-3,6-7,9,12,16-17H,4-5,15H2,1H3. The maximum atomic E-state index is 13.2. The Labute approximate surface area is 99.4 Å². The van der Waals surface area contributed by atoms with Crippen LogP contribution in [0.4, 0.5) is 8.78 Å². The van der Waals surface area contributed by atoms with E-state index in [9.17, 15) is 8.78 Å². The monoisotopic (exact) mass is 241 g/mol. The van der Waals surface area contributed by atoms with Gasteiger partial charge in [0.1, 0.15) is 0 Å². The second-order valence-corrected chi connectivity index (χ2v) is 4.47. The SMILES string of the molecule is CC1NNC(c2ccc(F)c(F)c2)C1CCN. The normalized spacial score (nSPS) is 28.6. The van der Waals surface area contributed by atoms with Crippen molar-refractivity contribution in [1.29, 1.82) is 0 Å². The Hall–Kier alpha value is -1.04. The van der Waals surface area contributed by atoms with Crippen molar-refractivity contribution < 1.29 is 8.78 Å². The molecule has 0 radical (unpaired) electrons. The minimum absolute atomic E-state index is 0.0244. The molecule has 0 bridgehead atoms. The summed E-state index contributed by atoms with van der Waals surface area (Å²) in [6.07, 6.45) is 0.838. The smallest absolute Gasteiger partial charge is 0.159 e. The van der Waals surface area contributed by atoms with Gasteiger partial charge in [0.15, 0.2) is 11.6 Å². The number of rotatable bonds is 3. The van der Waals surface area contributed by atoms with E-state index in [4.69, 9.17) is 5.73 Å². The van der Waals surface area contributed by atoms with E-state index >= 15 is 0 Å². The van der Waals surface area contributed by atoms with Gasteiger partial charge in [-0.1, -0.05) is 6.07 Å². The summed E-state index contributed by atoms with van der Waals surface area (Å²) in [4.78, 5) is 0. The van der Waals surface area contributed by atoms with E-state index in [-0.39, 0.29) is 18.0 Å². The van der Waals surface area contributed by atoms with E-state index in [1.165, 1.54) is 6.07 Å². The summed E-state index contributed by atoms with van der Waals surface area (Å²) < 4.78 is 26.1. The zero-order valence-electron chi connectivity index (χ0n) is 9.71. The first kappa shape index (κ1) is 12.4. The predicted octanol–water partition coefficient (Wildman–Crippen LogP) is 1.47. The second-order valence-electron chi connectivity index (χ2n) is 4.47. The van der Waals surface area contributed by atoms with Crippen LogP contribution < -0.4 is 16.6 Å². The van der Waals surface area contributed by atoms with Gasteiger partial charge in [0.25, 0.3) is 0 Å². The van der Waals surface area contributed by atoms with Crippen molar-refractivity contribution in [3.05, 3.63) is 35.4 Å². The Kier molecular flexibility index (Phi) is 3.71. The van der Waals surface area contributed by atoms with Crippen LogP contribution in [0.3, 0.4) is 0 Å². The largest absolute Gasteiger partial charge is 0.330 e. The molecule has 0 aromatic heterocycles. The van der Waals surface area contributed by atoms with Gasteiger partial charge in [-0.25, -0.2) is 14.2 Å². The minimum Gasteiger partial charge on any atom is -0.330 e. The van der Waals surface area contributed by atoms with Crippen LogP contribution in [0.25, 0.3) is 0 Å². The lowest BCUT2D eigenvalue weighted by molar-refractivity contribution is 0.407. The van der Waals surface area contributed by atoms with Crippen LogP contribution in [0.15, 0.2) is 18.2 Å². The van der Waals surface area contributed by atoms with Crippen LogP contribution in [-0.4, -0.2) is 12.6 Å². The number of halogens is 2. The fraction of sp³-hybridized carbons (Fsp3) is 0.500. The molecule has 1 aliphatic rings. The molecule has 4 N–H and O–H groups in total. The molecule has 5 heteroatoms. The molecular weight excluding hydrogens is 224 g/mol. The molecule has 0 saturated carbocycles. The fourth-order valence-electron chi connectivity index (χ4n) is 2.37. The third kappa shape index (κ3) is 2.46. The lowest BCUT2D eigenvalue weighted by atomic mass is 9.87. The number of hydrogen-bond donors (Lipinski definition) is 3. The molecule has 1 aliphatic heterocycles. The van der Waals surface area contributed by atoms with E-state index in [1.54, 1.807) is 6.07 Å². The summed E-state index contributed by atoms with van der Waals surface area (Å²) >= 11 is 0. The molecule has 3 unspecified atom stereocenters. The highest BCUT2D eigenvalue weighted by atomic mass is 19.2. The zero-order chi connectivity index (χ0) is 12.4. The number of benzene rings is 1. The first-order valence-electron chi connectivity index (χ1n) is 5.79. The Morgan fingerprint density at radius 3 is 2.65 bits per heavy atom. The number of hydrogen-bond acceptors (Lipinski definition) is 3. The zero-order valence-corrected chi connectivity index (χ0v) is 9.71. The van der Waals surface area contributed by atoms with Gasteiger partial charge in [0.05, 0.1) is 6.04 Å². The Morgan fingerprint density at radius 1 is 1.24 bits per heavy atom. The van der Waals surface area contributed by atoms with Crippen LogP contribution in [0.5, 0.6) is 0 Å². The highest BCUT2D eigenvalue weighted by Gasteiger charge is 2.33. The molecule has 0 aliphatic carbocycles. The molecular formula is C12H17F2N3. The first-order valence-corrected chi connectivity index (χ1v) is 5.79. The molecule has 0 spiro atoms. The highest BCUT2D eigenvalue weighted by molar-refractivity contribution is 5.23. The van der Waals surface area contributed by atoms with Crippen molar-refractivity contribution in [1.82, 2.24) is 10.9 Å². The van der Waals surface area contributed by atoms with Crippen molar-refractivity contribution in [2.45, 2.75) is 25.4 Å². The van der Waals surface area contributed by atoms with Gasteiger partial charge in [0, 0.05) is 6.04 Å². The predicted molar refractivity (Wildman–Crippen MR) is 62.0 cm³/mol. The molecule has 1 fully saturated rings. The van der Waals surface area contributed by atoms with E-state index in [0.29, 0.717) is 6.54 Å². The topological polar surface area (TPSA) is 50.1 Å². The van der Waals surface area contributed by atoms with Crippen LogP contribution in [0.1, 0.15) is 24.9 Å². The third-order valence-electron chi connectivity index (χ3n) is 3.34. The summed E-state index contributed by atoms with van der Waals surface area (Å²) in [6.45, 7) is 2.63. The molecule has 17 heavy (non-hydrogen) atoms. The summed E-state index contributed by atoms with van der Waals surface area (Å²) in [5, 5.41) is 0. The average molecular weight is 241 g/mol. The van der Waals surface area contributed by atoms with Gasteiger partial charge in [-0.05, 0) is 43.5 Å². The molecule has 1 heterocycles. The third-order valence-corrected chi connectivity index (χ3v) is 3.34. The van der Waals surface area contributed by atoms with Crippen LogP contribution >= 0.6 is 0 Å². The van der Waals surface area contributed by atoms with Crippen molar-refractivity contribution >= 4 is 0 Å². The molecule has 1 aromatic carbocycles. The van der Waals surface area contributed by atoms with Crippen LogP contribution in [0, 0.1) is 17.6 Å². The van der Waals surface area contributed by atoms with Crippen LogP contribution in [0.2, 0.25) is 0 Å². The van der Waals surface area contributed by atoms with Gasteiger partial charge in [-0.15, -0.1) is 0 Å². The van der Waals surface area contributed by atoms with Crippen LogP contribution in [-0.2, 0) is 0 Å². The van der Waals surface area contributed by atoms with E-state index in [1.807, 2.05) is 6.92 Å². The maximum Gasteiger partial charge on any atom is 0.159 e. The summed E-state index contributed by atoms with van der Waals surface area (Å²) in [7, 11) is 0. The molecule has 3 nitrogen and oxygen atoms in total. The molecule has 1 saturated heterocycles. The first-order chi connectivity index (χ1) is 8.13. The molecule has 2 rings (SSSR count).